The largest absolute Gasteiger partial charge is 0.497 e. The Hall–Kier alpha value is -3.36. The molecule has 0 fully saturated rings. The molecule has 0 saturated carbocycles. The van der Waals surface area contributed by atoms with Gasteiger partial charge in [-0.15, -0.1) is 0 Å². The molecule has 1 atom stereocenters. The third kappa shape index (κ3) is 5.37. The van der Waals surface area contributed by atoms with Crippen LogP contribution < -0.4 is 14.8 Å². The molecular formula is C22H22N2O5S. The molecule has 30 heavy (non-hydrogen) atoms. The summed E-state index contributed by atoms with van der Waals surface area (Å²) in [4.78, 5) is 12.4. The normalized spacial score (nSPS) is 12.1. The summed E-state index contributed by atoms with van der Waals surface area (Å²) in [5.74, 6) is 0.259. The van der Waals surface area contributed by atoms with E-state index in [0.717, 1.165) is 0 Å². The number of sulfonamides is 1. The van der Waals surface area contributed by atoms with Crippen LogP contribution in [0.3, 0.4) is 0 Å². The van der Waals surface area contributed by atoms with Crippen LogP contribution in [-0.2, 0) is 10.0 Å². The second-order valence-electron chi connectivity index (χ2n) is 6.49. The molecule has 1 unspecified atom stereocenters. The van der Waals surface area contributed by atoms with Gasteiger partial charge in [0.2, 0.25) is 0 Å². The summed E-state index contributed by atoms with van der Waals surface area (Å²) in [5, 5.41) is 12.9. The summed E-state index contributed by atoms with van der Waals surface area (Å²) in [6.45, 7) is 0.0147. The minimum absolute atomic E-state index is 0.0147. The van der Waals surface area contributed by atoms with Crippen LogP contribution in [0.1, 0.15) is 22.0 Å². The number of methoxy groups -OCH3 is 1. The van der Waals surface area contributed by atoms with Crippen molar-refractivity contribution in [2.24, 2.45) is 0 Å². The number of nitrogens with one attached hydrogen (secondary N) is 2. The van der Waals surface area contributed by atoms with Crippen molar-refractivity contribution in [2.75, 3.05) is 18.4 Å². The lowest BCUT2D eigenvalue weighted by Gasteiger charge is -2.13. The monoisotopic (exact) mass is 426 g/mol. The second kappa shape index (κ2) is 9.43. The van der Waals surface area contributed by atoms with E-state index in [2.05, 4.69) is 10.0 Å². The SMILES string of the molecule is COc1ccc(C(O)CNC(=O)c2ccc(S(=O)(=O)Nc3ccccc3)cc2)cc1. The number of carbonyl (C=O) groups excluding carboxylic acids is 1. The molecule has 0 aromatic heterocycles. The van der Waals surface area contributed by atoms with E-state index in [-0.39, 0.29) is 17.0 Å². The molecule has 0 spiro atoms. The zero-order valence-corrected chi connectivity index (χ0v) is 17.1. The molecule has 3 aromatic carbocycles. The van der Waals surface area contributed by atoms with Gasteiger partial charge in [-0.25, -0.2) is 8.42 Å². The molecule has 0 radical (unpaired) electrons. The lowest BCUT2D eigenvalue weighted by atomic mass is 10.1. The first-order valence-corrected chi connectivity index (χ1v) is 10.7. The minimum Gasteiger partial charge on any atom is -0.497 e. The molecule has 1 amide bonds. The highest BCUT2D eigenvalue weighted by Crippen LogP contribution is 2.18. The first-order valence-electron chi connectivity index (χ1n) is 9.17. The number of aliphatic hydroxyl groups excluding tert-OH is 1. The van der Waals surface area contributed by atoms with Crippen LogP contribution in [0.4, 0.5) is 5.69 Å². The number of rotatable bonds is 8. The van der Waals surface area contributed by atoms with Gasteiger partial charge in [-0.2, -0.15) is 0 Å². The molecule has 3 rings (SSSR count). The van der Waals surface area contributed by atoms with Crippen LogP contribution in [0.25, 0.3) is 0 Å². The van der Waals surface area contributed by atoms with Gasteiger partial charge in [0, 0.05) is 17.8 Å². The van der Waals surface area contributed by atoms with Gasteiger partial charge in [-0.05, 0) is 54.1 Å². The Morgan fingerprint density at radius 2 is 1.60 bits per heavy atom. The minimum atomic E-state index is -3.76. The van der Waals surface area contributed by atoms with Crippen molar-refractivity contribution in [2.45, 2.75) is 11.0 Å². The van der Waals surface area contributed by atoms with Gasteiger partial charge < -0.3 is 15.2 Å². The molecule has 0 aliphatic carbocycles. The predicted molar refractivity (Wildman–Crippen MR) is 114 cm³/mol. The van der Waals surface area contributed by atoms with Crippen LogP contribution in [0.5, 0.6) is 5.75 Å². The van der Waals surface area contributed by atoms with Gasteiger partial charge in [0.15, 0.2) is 0 Å². The van der Waals surface area contributed by atoms with Crippen LogP contribution >= 0.6 is 0 Å². The van der Waals surface area contributed by atoms with Crippen LogP contribution in [-0.4, -0.2) is 33.1 Å². The average Bonchev–Trinajstić information content (AvgIpc) is 2.77. The molecule has 156 valence electrons. The fourth-order valence-electron chi connectivity index (χ4n) is 2.74. The molecule has 0 heterocycles. The van der Waals surface area contributed by atoms with Gasteiger partial charge in [0.25, 0.3) is 15.9 Å². The maximum Gasteiger partial charge on any atom is 0.261 e. The van der Waals surface area contributed by atoms with E-state index >= 15 is 0 Å². The highest BCUT2D eigenvalue weighted by atomic mass is 32.2. The Balaban J connectivity index is 1.60. The van der Waals surface area contributed by atoms with Gasteiger partial charge in [-0.3, -0.25) is 9.52 Å². The molecule has 0 bridgehead atoms. The average molecular weight is 426 g/mol. The number of hydrogen-bond acceptors (Lipinski definition) is 5. The molecule has 8 heteroatoms. The number of benzene rings is 3. The maximum absolute atomic E-state index is 12.4. The maximum atomic E-state index is 12.4. The first-order chi connectivity index (χ1) is 14.4. The second-order valence-corrected chi connectivity index (χ2v) is 8.18. The smallest absolute Gasteiger partial charge is 0.261 e. The van der Waals surface area contributed by atoms with Gasteiger partial charge in [0.05, 0.1) is 18.1 Å². The molecule has 0 aliphatic heterocycles. The molecular weight excluding hydrogens is 404 g/mol. The lowest BCUT2D eigenvalue weighted by molar-refractivity contribution is 0.0916. The van der Waals surface area contributed by atoms with Crippen LogP contribution in [0.15, 0.2) is 83.8 Å². The van der Waals surface area contributed by atoms with Crippen molar-refractivity contribution in [1.82, 2.24) is 5.32 Å². The number of aliphatic hydroxyl groups is 1. The molecule has 0 aliphatic rings. The van der Waals surface area contributed by atoms with Crippen LogP contribution in [0, 0.1) is 0 Å². The first kappa shape index (κ1) is 21.4. The predicted octanol–water partition coefficient (Wildman–Crippen LogP) is 2.96. The van der Waals surface area contributed by atoms with E-state index in [4.69, 9.17) is 4.74 Å². The van der Waals surface area contributed by atoms with Crippen molar-refractivity contribution in [1.29, 1.82) is 0 Å². The van der Waals surface area contributed by atoms with E-state index in [1.165, 1.54) is 24.3 Å². The van der Waals surface area contributed by atoms with E-state index in [9.17, 15) is 18.3 Å². The number of para-hydroxylation sites is 1. The fraction of sp³-hybridized carbons (Fsp3) is 0.136. The van der Waals surface area contributed by atoms with Crippen molar-refractivity contribution < 1.29 is 23.1 Å². The zero-order valence-electron chi connectivity index (χ0n) is 16.3. The van der Waals surface area contributed by atoms with Crippen LogP contribution in [0.2, 0.25) is 0 Å². The van der Waals surface area contributed by atoms with Crippen molar-refractivity contribution in [3.63, 3.8) is 0 Å². The third-order valence-electron chi connectivity index (χ3n) is 4.41. The summed E-state index contributed by atoms with van der Waals surface area (Å²) in [5.41, 5.74) is 1.38. The van der Waals surface area contributed by atoms with Crippen molar-refractivity contribution >= 4 is 21.6 Å². The van der Waals surface area contributed by atoms with E-state index < -0.39 is 22.0 Å². The van der Waals surface area contributed by atoms with Gasteiger partial charge in [0.1, 0.15) is 5.75 Å². The number of anilines is 1. The highest BCUT2D eigenvalue weighted by Gasteiger charge is 2.16. The Labute approximate surface area is 175 Å². The summed E-state index contributed by atoms with van der Waals surface area (Å²) < 4.78 is 32.4. The standard InChI is InChI=1S/C22H22N2O5S/c1-29-19-11-7-16(8-12-19)21(25)15-23-22(26)17-9-13-20(14-10-17)30(27,28)24-18-5-3-2-4-6-18/h2-14,21,24-25H,15H2,1H3,(H,23,26). The number of amides is 1. The zero-order chi connectivity index (χ0) is 21.6. The molecule has 0 saturated heterocycles. The Bertz CT molecular complexity index is 1080. The highest BCUT2D eigenvalue weighted by molar-refractivity contribution is 7.92. The summed E-state index contributed by atoms with van der Waals surface area (Å²) in [6, 6.07) is 21.0. The van der Waals surface area contributed by atoms with Crippen molar-refractivity contribution in [3.8, 4) is 5.75 Å². The number of hydrogen-bond donors (Lipinski definition) is 3. The van der Waals surface area contributed by atoms with Gasteiger partial charge >= 0.3 is 0 Å². The van der Waals surface area contributed by atoms with E-state index in [1.54, 1.807) is 61.7 Å². The number of ether oxygens (including phenoxy) is 1. The summed E-state index contributed by atoms with van der Waals surface area (Å²) >= 11 is 0. The van der Waals surface area contributed by atoms with Gasteiger partial charge in [-0.1, -0.05) is 30.3 Å². The topological polar surface area (TPSA) is 105 Å². The van der Waals surface area contributed by atoms with Crippen molar-refractivity contribution in [3.05, 3.63) is 90.0 Å². The lowest BCUT2D eigenvalue weighted by Crippen LogP contribution is -2.28. The summed E-state index contributed by atoms with van der Waals surface area (Å²) in [6.07, 6.45) is -0.880. The Morgan fingerprint density at radius 1 is 0.967 bits per heavy atom. The third-order valence-corrected chi connectivity index (χ3v) is 5.81. The molecule has 3 N–H and O–H groups in total. The molecule has 3 aromatic rings. The summed E-state index contributed by atoms with van der Waals surface area (Å²) in [7, 11) is -2.20. The van der Waals surface area contributed by atoms with E-state index in [0.29, 0.717) is 17.0 Å². The molecule has 7 nitrogen and oxygen atoms in total. The quantitative estimate of drug-likeness (QED) is 0.514. The van der Waals surface area contributed by atoms with E-state index in [1.807, 2.05) is 0 Å². The number of carbonyl (C=O) groups is 1. The Kier molecular flexibility index (Phi) is 6.71. The Morgan fingerprint density at radius 3 is 2.20 bits per heavy atom. The fourth-order valence-corrected chi connectivity index (χ4v) is 3.80.